The molecule has 3 atom stereocenters. The molecule has 0 aromatic carbocycles. The fourth-order valence-corrected chi connectivity index (χ4v) is 3.62. The third-order valence-electron chi connectivity index (χ3n) is 5.26. The molecule has 2 aliphatic carbocycles. The lowest BCUT2D eigenvalue weighted by Gasteiger charge is -2.28. The molecule has 3 aliphatic rings. The van der Waals surface area contributed by atoms with Gasteiger partial charge < -0.3 is 14.2 Å². The minimum absolute atomic E-state index is 0.0187. The number of hydrogen-bond acceptors (Lipinski definition) is 7. The Morgan fingerprint density at radius 1 is 1.24 bits per heavy atom. The van der Waals surface area contributed by atoms with Gasteiger partial charge in [0.25, 0.3) is 0 Å². The zero-order valence-corrected chi connectivity index (χ0v) is 16.3. The number of rotatable bonds is 7. The Morgan fingerprint density at radius 2 is 2.07 bits per heavy atom. The summed E-state index contributed by atoms with van der Waals surface area (Å²) in [5.41, 5.74) is 0.0487. The van der Waals surface area contributed by atoms with Crippen LogP contribution < -0.4 is 5.32 Å². The Kier molecular flexibility index (Phi) is 6.85. The first kappa shape index (κ1) is 20.8. The van der Waals surface area contributed by atoms with E-state index >= 15 is 0 Å². The van der Waals surface area contributed by atoms with E-state index in [2.05, 4.69) is 5.32 Å². The minimum atomic E-state index is -0.723. The molecule has 3 unspecified atom stereocenters. The van der Waals surface area contributed by atoms with Gasteiger partial charge in [0.15, 0.2) is 0 Å². The van der Waals surface area contributed by atoms with Crippen molar-refractivity contribution in [3.8, 4) is 0 Å². The van der Waals surface area contributed by atoms with Crippen LogP contribution in [0.25, 0.3) is 0 Å². The summed E-state index contributed by atoms with van der Waals surface area (Å²) in [5.74, 6) is -0.216. The summed E-state index contributed by atoms with van der Waals surface area (Å²) in [4.78, 5) is 47.0. The Labute approximate surface area is 168 Å². The molecule has 1 heterocycles. The maximum atomic E-state index is 12.1. The second kappa shape index (κ2) is 9.54. The number of ether oxygens (including phenoxy) is 3. The molecule has 0 aromatic heterocycles. The van der Waals surface area contributed by atoms with Crippen LogP contribution in [0.1, 0.15) is 38.5 Å². The number of esters is 1. The summed E-state index contributed by atoms with van der Waals surface area (Å²) in [7, 11) is 1.54. The highest BCUT2D eigenvalue weighted by atomic mass is 16.6. The lowest BCUT2D eigenvalue weighted by Crippen LogP contribution is -2.37. The number of carbonyl (C=O) groups excluding carboxylic acids is 4. The molecule has 1 N–H and O–H groups in total. The second-order valence-corrected chi connectivity index (χ2v) is 7.33. The molecule has 1 aliphatic heterocycles. The van der Waals surface area contributed by atoms with Crippen molar-refractivity contribution in [2.45, 2.75) is 44.6 Å². The van der Waals surface area contributed by atoms with Crippen LogP contribution in [0, 0.1) is 11.8 Å². The van der Waals surface area contributed by atoms with Gasteiger partial charge in [-0.05, 0) is 43.9 Å². The zero-order valence-electron chi connectivity index (χ0n) is 16.3. The number of methoxy groups -OCH3 is 1. The molecule has 156 valence electrons. The van der Waals surface area contributed by atoms with Crippen molar-refractivity contribution >= 4 is 23.6 Å². The first-order valence-electron chi connectivity index (χ1n) is 9.81. The Bertz CT molecular complexity index is 780. The molecule has 3 rings (SSSR count). The molecule has 0 spiro atoms. The van der Waals surface area contributed by atoms with Crippen molar-refractivity contribution in [1.82, 2.24) is 5.32 Å². The van der Waals surface area contributed by atoms with Crippen LogP contribution in [-0.2, 0) is 28.6 Å². The van der Waals surface area contributed by atoms with Crippen LogP contribution >= 0.6 is 0 Å². The first-order valence-corrected chi connectivity index (χ1v) is 9.81. The summed E-state index contributed by atoms with van der Waals surface area (Å²) in [6.45, 7) is 0.180. The quantitative estimate of drug-likeness (QED) is 0.395. The lowest BCUT2D eigenvalue weighted by molar-refractivity contribution is -0.145. The van der Waals surface area contributed by atoms with Gasteiger partial charge in [-0.1, -0.05) is 6.08 Å². The van der Waals surface area contributed by atoms with Gasteiger partial charge in [-0.15, -0.1) is 0 Å². The van der Waals surface area contributed by atoms with E-state index in [1.807, 2.05) is 6.08 Å². The van der Waals surface area contributed by atoms with Crippen LogP contribution in [-0.4, -0.2) is 43.4 Å². The predicted molar refractivity (Wildman–Crippen MR) is 101 cm³/mol. The molecule has 8 nitrogen and oxygen atoms in total. The van der Waals surface area contributed by atoms with Gasteiger partial charge in [0.05, 0.1) is 20.1 Å². The smallest absolute Gasteiger partial charge is 0.411 e. The molecule has 1 saturated carbocycles. The third-order valence-corrected chi connectivity index (χ3v) is 5.26. The molecule has 1 fully saturated rings. The van der Waals surface area contributed by atoms with Crippen LogP contribution in [0.3, 0.4) is 0 Å². The number of amides is 1. The Morgan fingerprint density at radius 3 is 2.83 bits per heavy atom. The normalized spacial score (nSPS) is 26.1. The van der Waals surface area contributed by atoms with Gasteiger partial charge >= 0.3 is 12.1 Å². The molecule has 8 heteroatoms. The van der Waals surface area contributed by atoms with E-state index in [0.29, 0.717) is 31.4 Å². The average molecular weight is 403 g/mol. The van der Waals surface area contributed by atoms with Gasteiger partial charge in [0.2, 0.25) is 0 Å². The summed E-state index contributed by atoms with van der Waals surface area (Å²) >= 11 is 0. The van der Waals surface area contributed by atoms with Gasteiger partial charge in [0.1, 0.15) is 29.1 Å². The number of fused-ring (bicyclic) bond motifs is 1. The Balaban J connectivity index is 1.37. The third kappa shape index (κ3) is 5.56. The SMILES string of the molecule is COC1=CC2OC(=O)C(NC(=O)OCCCCC3CCC(=O)CC3=O)=CC2C=C1. The number of allylic oxidation sites excluding steroid dienone is 1. The summed E-state index contributed by atoms with van der Waals surface area (Å²) in [5, 5.41) is 2.43. The van der Waals surface area contributed by atoms with Crippen molar-refractivity contribution in [3.63, 3.8) is 0 Å². The number of hydrogen-bond donors (Lipinski definition) is 1. The van der Waals surface area contributed by atoms with Crippen molar-refractivity contribution in [2.75, 3.05) is 13.7 Å². The van der Waals surface area contributed by atoms with Gasteiger partial charge in [-0.2, -0.15) is 0 Å². The first-order chi connectivity index (χ1) is 14.0. The van der Waals surface area contributed by atoms with Gasteiger partial charge in [0, 0.05) is 18.3 Å². The number of Topliss-reactive ketones (excluding diaryl/α,β-unsaturated/α-hetero) is 2. The monoisotopic (exact) mass is 403 g/mol. The fourth-order valence-electron chi connectivity index (χ4n) is 3.62. The van der Waals surface area contributed by atoms with E-state index in [9.17, 15) is 19.2 Å². The molecular weight excluding hydrogens is 378 g/mol. The second-order valence-electron chi connectivity index (χ2n) is 7.33. The number of ketones is 2. The predicted octanol–water partition coefficient (Wildman–Crippen LogP) is 2.35. The highest BCUT2D eigenvalue weighted by molar-refractivity contribution is 6.02. The summed E-state index contributed by atoms with van der Waals surface area (Å²) in [6, 6.07) is 0. The molecule has 0 aromatic rings. The van der Waals surface area contributed by atoms with Crippen LogP contribution in [0.15, 0.2) is 35.8 Å². The highest BCUT2D eigenvalue weighted by Gasteiger charge is 2.32. The van der Waals surface area contributed by atoms with Crippen LogP contribution in [0.5, 0.6) is 0 Å². The van der Waals surface area contributed by atoms with E-state index in [0.717, 1.165) is 6.42 Å². The van der Waals surface area contributed by atoms with E-state index in [1.54, 1.807) is 18.2 Å². The topological polar surface area (TPSA) is 108 Å². The largest absolute Gasteiger partial charge is 0.497 e. The average Bonchev–Trinajstić information content (AvgIpc) is 2.69. The number of carbonyl (C=O) groups is 4. The Hall–Kier alpha value is -2.90. The van der Waals surface area contributed by atoms with Gasteiger partial charge in [-0.3, -0.25) is 14.9 Å². The summed E-state index contributed by atoms with van der Waals surface area (Å²) in [6.07, 6.45) is 8.94. The van der Waals surface area contributed by atoms with Crippen molar-refractivity contribution in [3.05, 3.63) is 35.8 Å². The van der Waals surface area contributed by atoms with E-state index in [1.165, 1.54) is 7.11 Å². The summed E-state index contributed by atoms with van der Waals surface area (Å²) < 4.78 is 15.6. The number of unbranched alkanes of at least 4 members (excludes halogenated alkanes) is 1. The van der Waals surface area contributed by atoms with Crippen molar-refractivity contribution in [1.29, 1.82) is 0 Å². The zero-order chi connectivity index (χ0) is 20.8. The maximum absolute atomic E-state index is 12.1. The fraction of sp³-hybridized carbons (Fsp3) is 0.524. The molecule has 0 radical (unpaired) electrons. The number of alkyl carbamates (subject to hydrolysis) is 1. The number of nitrogens with one attached hydrogen (secondary N) is 1. The van der Waals surface area contributed by atoms with Crippen molar-refractivity contribution in [2.24, 2.45) is 11.8 Å². The molecular formula is C21H25NO7. The maximum Gasteiger partial charge on any atom is 0.411 e. The lowest BCUT2D eigenvalue weighted by atomic mass is 9.84. The van der Waals surface area contributed by atoms with Crippen LogP contribution in [0.2, 0.25) is 0 Å². The molecule has 1 amide bonds. The van der Waals surface area contributed by atoms with E-state index < -0.39 is 18.2 Å². The highest BCUT2D eigenvalue weighted by Crippen LogP contribution is 2.27. The van der Waals surface area contributed by atoms with Crippen molar-refractivity contribution < 1.29 is 33.4 Å². The molecule has 29 heavy (non-hydrogen) atoms. The molecule has 0 bridgehead atoms. The van der Waals surface area contributed by atoms with Crippen LogP contribution in [0.4, 0.5) is 4.79 Å². The van der Waals surface area contributed by atoms with E-state index in [4.69, 9.17) is 14.2 Å². The standard InChI is InChI=1S/C21H25NO7/c1-27-16-8-6-14-10-17(20(25)29-19(14)12-16)22-21(26)28-9-3-2-4-13-5-7-15(23)11-18(13)24/h6,8,10,12-14,19H,2-5,7,9,11H2,1H3,(H,22,26). The molecule has 0 saturated heterocycles. The van der Waals surface area contributed by atoms with Gasteiger partial charge in [-0.25, -0.2) is 9.59 Å². The van der Waals surface area contributed by atoms with E-state index in [-0.39, 0.29) is 42.1 Å². The minimum Gasteiger partial charge on any atom is -0.497 e.